The summed E-state index contributed by atoms with van der Waals surface area (Å²) >= 11 is 1.30. The van der Waals surface area contributed by atoms with Gasteiger partial charge in [0.15, 0.2) is 5.17 Å². The molecule has 0 bridgehead atoms. The molecule has 1 aliphatic rings. The van der Waals surface area contributed by atoms with E-state index in [-0.39, 0.29) is 18.6 Å². The summed E-state index contributed by atoms with van der Waals surface area (Å²) in [7, 11) is 0. The summed E-state index contributed by atoms with van der Waals surface area (Å²) in [4.78, 5) is 21.3. The fraction of sp³-hybridized carbons (Fsp3) is 0.235. The van der Waals surface area contributed by atoms with E-state index in [0.29, 0.717) is 10.1 Å². The number of pyridine rings is 1. The Morgan fingerprint density at radius 3 is 3.09 bits per heavy atom. The van der Waals surface area contributed by atoms with Crippen molar-refractivity contribution in [3.05, 3.63) is 47.0 Å². The Hall–Kier alpha value is -2.18. The molecule has 2 heterocycles. The van der Waals surface area contributed by atoms with Gasteiger partial charge in [0.1, 0.15) is 0 Å². The molecule has 2 aromatic rings. The second-order valence-electron chi connectivity index (χ2n) is 5.20. The monoisotopic (exact) mass is 327 g/mol. The largest absolute Gasteiger partial charge is 0.394 e. The lowest BCUT2D eigenvalue weighted by Crippen LogP contribution is -2.22. The predicted molar refractivity (Wildman–Crippen MR) is 94.1 cm³/mol. The molecule has 1 aliphatic heterocycles. The number of aliphatic hydroxyl groups excluding tert-OH is 1. The number of fused-ring (bicyclic) bond motifs is 1. The minimum absolute atomic E-state index is 0.0207. The maximum Gasteiger partial charge on any atom is 0.264 e. The van der Waals surface area contributed by atoms with Gasteiger partial charge >= 0.3 is 0 Å². The molecule has 0 radical (unpaired) electrons. The van der Waals surface area contributed by atoms with Crippen molar-refractivity contribution in [1.82, 2.24) is 10.3 Å². The summed E-state index contributed by atoms with van der Waals surface area (Å²) in [5.41, 5.74) is 1.87. The Morgan fingerprint density at radius 1 is 1.43 bits per heavy atom. The summed E-state index contributed by atoms with van der Waals surface area (Å²) in [6.07, 6.45) is 4.33. The topological polar surface area (TPSA) is 74.6 Å². The Morgan fingerprint density at radius 2 is 2.30 bits per heavy atom. The van der Waals surface area contributed by atoms with Crippen molar-refractivity contribution in [3.63, 3.8) is 0 Å². The number of hydrogen-bond donors (Lipinski definition) is 2. The number of carbonyl (C=O) groups is 1. The molecule has 1 aromatic heterocycles. The quantitative estimate of drug-likeness (QED) is 0.847. The van der Waals surface area contributed by atoms with Crippen LogP contribution in [0.3, 0.4) is 0 Å². The Balaban J connectivity index is 1.85. The minimum Gasteiger partial charge on any atom is -0.394 e. The molecule has 23 heavy (non-hydrogen) atoms. The average molecular weight is 327 g/mol. The number of thioether (sulfide) groups is 1. The van der Waals surface area contributed by atoms with E-state index in [9.17, 15) is 9.90 Å². The lowest BCUT2D eigenvalue weighted by Gasteiger charge is -2.05. The van der Waals surface area contributed by atoms with Gasteiger partial charge in [0.25, 0.3) is 5.91 Å². The Bertz CT molecular complexity index is 797. The smallest absolute Gasteiger partial charge is 0.264 e. The van der Waals surface area contributed by atoms with Crippen LogP contribution in [0.25, 0.3) is 17.0 Å². The van der Waals surface area contributed by atoms with Gasteiger partial charge in [0.2, 0.25) is 0 Å². The normalized spacial score (nSPS) is 19.5. The number of benzene rings is 1. The van der Waals surface area contributed by atoms with Crippen LogP contribution in [0.5, 0.6) is 0 Å². The zero-order chi connectivity index (χ0) is 16.2. The van der Waals surface area contributed by atoms with Crippen molar-refractivity contribution in [1.29, 1.82) is 0 Å². The molecular formula is C17H17N3O2S. The van der Waals surface area contributed by atoms with Gasteiger partial charge in [-0.05, 0) is 48.0 Å². The van der Waals surface area contributed by atoms with E-state index in [4.69, 9.17) is 0 Å². The van der Waals surface area contributed by atoms with Crippen molar-refractivity contribution in [2.75, 3.05) is 6.61 Å². The summed E-state index contributed by atoms with van der Waals surface area (Å²) in [5, 5.41) is 13.5. The number of hydrogen-bond acceptors (Lipinski definition) is 5. The van der Waals surface area contributed by atoms with Crippen molar-refractivity contribution in [3.8, 4) is 0 Å². The molecule has 1 aromatic carbocycles. The van der Waals surface area contributed by atoms with Crippen LogP contribution < -0.4 is 5.32 Å². The zero-order valence-corrected chi connectivity index (χ0v) is 13.5. The summed E-state index contributed by atoms with van der Waals surface area (Å²) in [5.74, 6) is -0.159. The highest BCUT2D eigenvalue weighted by molar-refractivity contribution is 8.18. The molecule has 118 valence electrons. The highest BCUT2D eigenvalue weighted by atomic mass is 32.2. The molecule has 2 N–H and O–H groups in total. The number of aliphatic imine (C=N–C) groups is 1. The van der Waals surface area contributed by atoms with Crippen LogP contribution in [-0.2, 0) is 4.79 Å². The molecule has 0 saturated carbocycles. The number of nitrogens with one attached hydrogen (secondary N) is 1. The van der Waals surface area contributed by atoms with Crippen LogP contribution in [0, 0.1) is 0 Å². The van der Waals surface area contributed by atoms with E-state index in [1.807, 2.05) is 43.3 Å². The van der Waals surface area contributed by atoms with Gasteiger partial charge in [0, 0.05) is 11.6 Å². The molecule has 1 atom stereocenters. The van der Waals surface area contributed by atoms with Crippen LogP contribution in [0.4, 0.5) is 0 Å². The second-order valence-corrected chi connectivity index (χ2v) is 6.23. The number of rotatable bonds is 4. The van der Waals surface area contributed by atoms with Crippen LogP contribution in [0.1, 0.15) is 18.9 Å². The van der Waals surface area contributed by atoms with Crippen molar-refractivity contribution in [2.24, 2.45) is 4.99 Å². The maximum absolute atomic E-state index is 12.1. The SMILES string of the molecule is CCC(CO)N=C1NC(=O)C(=Cc2ccc3ncccc3c2)S1. The number of aliphatic hydroxyl groups is 1. The molecule has 0 spiro atoms. The van der Waals surface area contributed by atoms with Gasteiger partial charge in [-0.2, -0.15) is 0 Å². The molecular weight excluding hydrogens is 310 g/mol. The van der Waals surface area contributed by atoms with Crippen LogP contribution >= 0.6 is 11.8 Å². The fourth-order valence-corrected chi connectivity index (χ4v) is 3.14. The van der Waals surface area contributed by atoms with Crippen LogP contribution in [-0.4, -0.2) is 33.8 Å². The van der Waals surface area contributed by atoms with Gasteiger partial charge < -0.3 is 10.4 Å². The molecule has 1 amide bonds. The predicted octanol–water partition coefficient (Wildman–Crippen LogP) is 2.57. The summed E-state index contributed by atoms with van der Waals surface area (Å²) in [6.45, 7) is 1.93. The third kappa shape index (κ3) is 3.60. The lowest BCUT2D eigenvalue weighted by atomic mass is 10.1. The highest BCUT2D eigenvalue weighted by Gasteiger charge is 2.24. The van der Waals surface area contributed by atoms with Gasteiger partial charge in [0.05, 0.1) is 23.1 Å². The zero-order valence-electron chi connectivity index (χ0n) is 12.7. The Labute approximate surface area is 138 Å². The first kappa shape index (κ1) is 15.7. The Kier molecular flexibility index (Phi) is 4.73. The maximum atomic E-state index is 12.1. The number of aromatic nitrogens is 1. The molecule has 1 saturated heterocycles. The lowest BCUT2D eigenvalue weighted by molar-refractivity contribution is -0.115. The minimum atomic E-state index is -0.177. The van der Waals surface area contributed by atoms with E-state index >= 15 is 0 Å². The van der Waals surface area contributed by atoms with E-state index < -0.39 is 0 Å². The van der Waals surface area contributed by atoms with Crippen LogP contribution in [0.2, 0.25) is 0 Å². The molecule has 0 aliphatic carbocycles. The first-order valence-electron chi connectivity index (χ1n) is 7.44. The fourth-order valence-electron chi connectivity index (χ4n) is 2.25. The first-order chi connectivity index (χ1) is 11.2. The third-order valence-corrected chi connectivity index (χ3v) is 4.48. The first-order valence-corrected chi connectivity index (χ1v) is 8.25. The summed E-state index contributed by atoms with van der Waals surface area (Å²) < 4.78 is 0. The van der Waals surface area contributed by atoms with Gasteiger partial charge in [-0.1, -0.05) is 19.1 Å². The second kappa shape index (κ2) is 6.93. The van der Waals surface area contributed by atoms with Crippen LogP contribution in [0.15, 0.2) is 46.4 Å². The summed E-state index contributed by atoms with van der Waals surface area (Å²) in [6, 6.07) is 9.58. The van der Waals surface area contributed by atoms with Crippen molar-refractivity contribution >= 4 is 39.8 Å². The number of amidine groups is 1. The molecule has 6 heteroatoms. The third-order valence-electron chi connectivity index (χ3n) is 3.56. The van der Waals surface area contributed by atoms with Gasteiger partial charge in [-0.15, -0.1) is 0 Å². The molecule has 5 nitrogen and oxygen atoms in total. The van der Waals surface area contributed by atoms with Crippen molar-refractivity contribution < 1.29 is 9.90 Å². The van der Waals surface area contributed by atoms with E-state index in [1.165, 1.54) is 11.8 Å². The average Bonchev–Trinajstić information content (AvgIpc) is 2.92. The molecule has 1 unspecified atom stereocenters. The highest BCUT2D eigenvalue weighted by Crippen LogP contribution is 2.27. The van der Waals surface area contributed by atoms with E-state index in [2.05, 4.69) is 15.3 Å². The van der Waals surface area contributed by atoms with Gasteiger partial charge in [-0.3, -0.25) is 14.8 Å². The van der Waals surface area contributed by atoms with E-state index in [0.717, 1.165) is 22.9 Å². The molecule has 3 rings (SSSR count). The molecule has 1 fully saturated rings. The number of amides is 1. The van der Waals surface area contributed by atoms with Gasteiger partial charge in [-0.25, -0.2) is 0 Å². The number of carbonyl (C=O) groups excluding carboxylic acids is 1. The van der Waals surface area contributed by atoms with E-state index in [1.54, 1.807) is 6.20 Å². The standard InChI is InChI=1S/C17H17N3O2S/c1-2-13(10-21)19-17-20-16(22)15(23-17)9-11-5-6-14-12(8-11)4-3-7-18-14/h3-9,13,21H,2,10H2,1H3,(H,19,20,22). The number of nitrogens with zero attached hydrogens (tertiary/aromatic N) is 2. The van der Waals surface area contributed by atoms with Crippen molar-refractivity contribution in [2.45, 2.75) is 19.4 Å².